The molecule has 1 aromatic heterocycles. The van der Waals surface area contributed by atoms with Gasteiger partial charge in [0.1, 0.15) is 12.4 Å². The second-order valence-electron chi connectivity index (χ2n) is 5.87. The summed E-state index contributed by atoms with van der Waals surface area (Å²) in [6.45, 7) is 2.46. The number of aryl methyl sites for hydroxylation is 1. The van der Waals surface area contributed by atoms with Crippen LogP contribution in [0, 0.1) is 0 Å². The number of fused-ring (bicyclic) bond motifs is 1. The zero-order valence-corrected chi connectivity index (χ0v) is 14.8. The lowest BCUT2D eigenvalue weighted by molar-refractivity contribution is 0.173. The van der Waals surface area contributed by atoms with E-state index in [1.54, 1.807) is 18.2 Å². The molecule has 0 aliphatic carbocycles. The van der Waals surface area contributed by atoms with E-state index in [0.717, 1.165) is 17.7 Å². The molecule has 1 aliphatic heterocycles. The Bertz CT molecular complexity index is 964. The lowest BCUT2D eigenvalue weighted by Crippen LogP contribution is -2.10. The van der Waals surface area contributed by atoms with E-state index in [4.69, 9.17) is 19.9 Å². The molecule has 0 atom stereocenters. The van der Waals surface area contributed by atoms with Gasteiger partial charge in [-0.25, -0.2) is 0 Å². The summed E-state index contributed by atoms with van der Waals surface area (Å²) >= 11 is 0. The van der Waals surface area contributed by atoms with Crippen molar-refractivity contribution >= 4 is 17.6 Å². The van der Waals surface area contributed by atoms with Gasteiger partial charge in [-0.05, 0) is 30.2 Å². The molecule has 0 saturated heterocycles. The SMILES string of the molecule is CCc1ccccc1Nc1nc(N)nc(COc2ccc3c(c2)OCO3)n1. The minimum absolute atomic E-state index is 0.130. The van der Waals surface area contributed by atoms with Crippen LogP contribution in [0.25, 0.3) is 0 Å². The highest BCUT2D eigenvalue weighted by Gasteiger charge is 2.14. The van der Waals surface area contributed by atoms with E-state index < -0.39 is 0 Å². The number of nitrogen functional groups attached to an aromatic ring is 1. The van der Waals surface area contributed by atoms with Gasteiger partial charge in [0.15, 0.2) is 17.3 Å². The summed E-state index contributed by atoms with van der Waals surface area (Å²) in [4.78, 5) is 12.7. The van der Waals surface area contributed by atoms with Crippen molar-refractivity contribution in [1.82, 2.24) is 15.0 Å². The van der Waals surface area contributed by atoms with Gasteiger partial charge in [-0.3, -0.25) is 0 Å². The molecule has 8 heteroatoms. The first-order valence-corrected chi connectivity index (χ1v) is 8.59. The first kappa shape index (κ1) is 16.9. The van der Waals surface area contributed by atoms with Crippen LogP contribution in [0.3, 0.4) is 0 Å². The first-order valence-electron chi connectivity index (χ1n) is 8.59. The number of aromatic nitrogens is 3. The Morgan fingerprint density at radius 3 is 2.81 bits per heavy atom. The Balaban J connectivity index is 1.49. The fourth-order valence-electron chi connectivity index (χ4n) is 2.74. The number of para-hydroxylation sites is 1. The van der Waals surface area contributed by atoms with Gasteiger partial charge in [0.25, 0.3) is 0 Å². The molecule has 0 unspecified atom stereocenters. The molecular formula is C19H19N5O3. The zero-order valence-electron chi connectivity index (χ0n) is 14.8. The van der Waals surface area contributed by atoms with Crippen molar-refractivity contribution in [2.45, 2.75) is 20.0 Å². The van der Waals surface area contributed by atoms with Crippen LogP contribution in [-0.2, 0) is 13.0 Å². The summed E-state index contributed by atoms with van der Waals surface area (Å²) in [5.41, 5.74) is 7.93. The van der Waals surface area contributed by atoms with Crippen molar-refractivity contribution in [2.24, 2.45) is 0 Å². The van der Waals surface area contributed by atoms with Crippen LogP contribution in [0.15, 0.2) is 42.5 Å². The predicted molar refractivity (Wildman–Crippen MR) is 100 cm³/mol. The van der Waals surface area contributed by atoms with Crippen molar-refractivity contribution in [3.05, 3.63) is 53.9 Å². The Morgan fingerprint density at radius 1 is 1.07 bits per heavy atom. The van der Waals surface area contributed by atoms with Gasteiger partial charge < -0.3 is 25.3 Å². The largest absolute Gasteiger partial charge is 0.485 e. The van der Waals surface area contributed by atoms with Crippen molar-refractivity contribution in [3.8, 4) is 17.2 Å². The molecular weight excluding hydrogens is 346 g/mol. The number of hydrogen-bond donors (Lipinski definition) is 2. The molecule has 0 bridgehead atoms. The molecule has 27 heavy (non-hydrogen) atoms. The molecule has 0 radical (unpaired) electrons. The molecule has 0 spiro atoms. The predicted octanol–water partition coefficient (Wildman–Crippen LogP) is 3.07. The number of nitrogens with two attached hydrogens (primary N) is 1. The van der Waals surface area contributed by atoms with E-state index in [0.29, 0.717) is 29.0 Å². The summed E-state index contributed by atoms with van der Waals surface area (Å²) in [5.74, 6) is 2.92. The lowest BCUT2D eigenvalue weighted by Gasteiger charge is -2.11. The van der Waals surface area contributed by atoms with Gasteiger partial charge in [-0.15, -0.1) is 0 Å². The van der Waals surface area contributed by atoms with Crippen LogP contribution >= 0.6 is 0 Å². The Kier molecular flexibility index (Phi) is 4.61. The summed E-state index contributed by atoms with van der Waals surface area (Å²) < 4.78 is 16.4. The molecule has 0 saturated carbocycles. The monoisotopic (exact) mass is 365 g/mol. The van der Waals surface area contributed by atoms with Crippen LogP contribution in [0.5, 0.6) is 17.2 Å². The molecule has 4 rings (SSSR count). The standard InChI is InChI=1S/C19H19N5O3/c1-2-12-5-3-4-6-14(12)21-19-23-17(22-18(20)24-19)10-25-13-7-8-15-16(9-13)27-11-26-15/h3-9H,2,10-11H2,1H3,(H3,20,21,22,23,24). The molecule has 2 heterocycles. The first-order chi connectivity index (χ1) is 13.2. The zero-order chi connectivity index (χ0) is 18.6. The van der Waals surface area contributed by atoms with Gasteiger partial charge in [-0.2, -0.15) is 15.0 Å². The number of nitrogens with one attached hydrogen (secondary N) is 1. The Hall–Kier alpha value is -3.55. The second kappa shape index (κ2) is 7.36. The molecule has 2 aromatic carbocycles. The van der Waals surface area contributed by atoms with E-state index >= 15 is 0 Å². The van der Waals surface area contributed by atoms with E-state index in [9.17, 15) is 0 Å². The van der Waals surface area contributed by atoms with Gasteiger partial charge in [0.2, 0.25) is 18.7 Å². The third-order valence-electron chi connectivity index (χ3n) is 4.06. The number of anilines is 3. The molecule has 1 aliphatic rings. The highest BCUT2D eigenvalue weighted by Crippen LogP contribution is 2.35. The Labute approximate surface area is 156 Å². The highest BCUT2D eigenvalue weighted by atomic mass is 16.7. The molecule has 3 aromatic rings. The molecule has 8 nitrogen and oxygen atoms in total. The van der Waals surface area contributed by atoms with Gasteiger partial charge in [0, 0.05) is 11.8 Å². The van der Waals surface area contributed by atoms with Crippen molar-refractivity contribution < 1.29 is 14.2 Å². The number of rotatable bonds is 6. The highest BCUT2D eigenvalue weighted by molar-refractivity contribution is 5.58. The Morgan fingerprint density at radius 2 is 1.93 bits per heavy atom. The fourth-order valence-corrected chi connectivity index (χ4v) is 2.74. The summed E-state index contributed by atoms with van der Waals surface area (Å²) in [7, 11) is 0. The van der Waals surface area contributed by atoms with E-state index in [1.807, 2.05) is 18.2 Å². The quantitative estimate of drug-likeness (QED) is 0.687. The second-order valence-corrected chi connectivity index (χ2v) is 5.87. The number of benzene rings is 2. The van der Waals surface area contributed by atoms with E-state index in [2.05, 4.69) is 33.3 Å². The maximum absolute atomic E-state index is 5.83. The van der Waals surface area contributed by atoms with E-state index in [1.165, 1.54) is 0 Å². The molecule has 138 valence electrons. The van der Waals surface area contributed by atoms with Gasteiger partial charge in [-0.1, -0.05) is 25.1 Å². The smallest absolute Gasteiger partial charge is 0.232 e. The maximum Gasteiger partial charge on any atom is 0.232 e. The third-order valence-corrected chi connectivity index (χ3v) is 4.06. The van der Waals surface area contributed by atoms with Crippen LogP contribution in [-0.4, -0.2) is 21.7 Å². The van der Waals surface area contributed by atoms with Crippen LogP contribution in [0.2, 0.25) is 0 Å². The molecule has 3 N–H and O–H groups in total. The lowest BCUT2D eigenvalue weighted by atomic mass is 10.1. The van der Waals surface area contributed by atoms with Crippen LogP contribution in [0.4, 0.5) is 17.6 Å². The molecule has 0 fully saturated rings. The summed E-state index contributed by atoms with van der Waals surface area (Å²) in [6.07, 6.45) is 0.893. The summed E-state index contributed by atoms with van der Waals surface area (Å²) in [6, 6.07) is 13.3. The topological polar surface area (TPSA) is 104 Å². The minimum atomic E-state index is 0.130. The minimum Gasteiger partial charge on any atom is -0.485 e. The van der Waals surface area contributed by atoms with Gasteiger partial charge >= 0.3 is 0 Å². The van der Waals surface area contributed by atoms with Crippen LogP contribution < -0.4 is 25.3 Å². The van der Waals surface area contributed by atoms with Crippen LogP contribution in [0.1, 0.15) is 18.3 Å². The normalized spacial score (nSPS) is 12.0. The average molecular weight is 365 g/mol. The number of hydrogen-bond acceptors (Lipinski definition) is 8. The van der Waals surface area contributed by atoms with Crippen molar-refractivity contribution in [3.63, 3.8) is 0 Å². The third kappa shape index (κ3) is 3.84. The fraction of sp³-hybridized carbons (Fsp3) is 0.211. The summed E-state index contributed by atoms with van der Waals surface area (Å²) in [5, 5.41) is 3.20. The van der Waals surface area contributed by atoms with Crippen molar-refractivity contribution in [1.29, 1.82) is 0 Å². The maximum atomic E-state index is 5.83. The number of ether oxygens (including phenoxy) is 3. The van der Waals surface area contributed by atoms with E-state index in [-0.39, 0.29) is 19.3 Å². The number of nitrogens with zero attached hydrogens (tertiary/aromatic N) is 3. The average Bonchev–Trinajstić information content (AvgIpc) is 3.14. The van der Waals surface area contributed by atoms with Crippen molar-refractivity contribution in [2.75, 3.05) is 17.8 Å². The van der Waals surface area contributed by atoms with Gasteiger partial charge in [0.05, 0.1) is 0 Å². The molecule has 0 amide bonds.